The molecule has 2 aliphatic rings. The maximum Gasteiger partial charge on any atom is 0.124 e. The van der Waals surface area contributed by atoms with E-state index >= 15 is 0 Å². The molecule has 1 heterocycles. The fourth-order valence-electron chi connectivity index (χ4n) is 3.18. The van der Waals surface area contributed by atoms with Gasteiger partial charge in [0, 0.05) is 36.2 Å². The van der Waals surface area contributed by atoms with E-state index < -0.39 is 0 Å². The van der Waals surface area contributed by atoms with Gasteiger partial charge in [0.1, 0.15) is 5.82 Å². The molecule has 20 heavy (non-hydrogen) atoms. The Morgan fingerprint density at radius 3 is 2.80 bits per heavy atom. The Morgan fingerprint density at radius 2 is 2.15 bits per heavy atom. The molecule has 1 unspecified atom stereocenters. The first kappa shape index (κ1) is 14.3. The van der Waals surface area contributed by atoms with E-state index in [1.165, 1.54) is 25.0 Å². The second-order valence-corrected chi connectivity index (χ2v) is 7.22. The highest BCUT2D eigenvalue weighted by molar-refractivity contribution is 6.31. The van der Waals surface area contributed by atoms with Crippen molar-refractivity contribution < 1.29 is 4.39 Å². The van der Waals surface area contributed by atoms with Crippen LogP contribution in [0.2, 0.25) is 5.02 Å². The summed E-state index contributed by atoms with van der Waals surface area (Å²) in [6.45, 7) is 7.31. The fraction of sp³-hybridized carbons (Fsp3) is 0.625. The zero-order valence-electron chi connectivity index (χ0n) is 12.1. The van der Waals surface area contributed by atoms with Crippen molar-refractivity contribution in [3.63, 3.8) is 0 Å². The molecule has 3 rings (SSSR count). The van der Waals surface area contributed by atoms with E-state index in [4.69, 9.17) is 11.6 Å². The molecule has 2 nitrogen and oxygen atoms in total. The first-order valence-corrected chi connectivity index (χ1v) is 7.75. The van der Waals surface area contributed by atoms with Crippen LogP contribution in [-0.4, -0.2) is 29.6 Å². The molecular formula is C16H22ClFN2. The highest BCUT2D eigenvalue weighted by atomic mass is 35.5. The summed E-state index contributed by atoms with van der Waals surface area (Å²) in [5.74, 6) is 0.552. The molecular weight excluding hydrogens is 275 g/mol. The van der Waals surface area contributed by atoms with Gasteiger partial charge >= 0.3 is 0 Å². The Labute approximate surface area is 125 Å². The lowest BCUT2D eigenvalue weighted by Gasteiger charge is -2.45. The van der Waals surface area contributed by atoms with Crippen LogP contribution < -0.4 is 5.32 Å². The number of rotatable bonds is 3. The van der Waals surface area contributed by atoms with Crippen molar-refractivity contribution in [1.29, 1.82) is 0 Å². The largest absolute Gasteiger partial charge is 0.309 e. The second kappa shape index (κ2) is 5.28. The quantitative estimate of drug-likeness (QED) is 0.919. The van der Waals surface area contributed by atoms with Crippen LogP contribution in [0.4, 0.5) is 4.39 Å². The zero-order chi connectivity index (χ0) is 14.3. The molecule has 0 spiro atoms. The van der Waals surface area contributed by atoms with E-state index in [9.17, 15) is 4.39 Å². The Hall–Kier alpha value is -0.640. The summed E-state index contributed by atoms with van der Waals surface area (Å²) in [4.78, 5) is 2.52. The molecule has 1 aromatic carbocycles. The number of nitrogens with one attached hydrogen (secondary N) is 1. The lowest BCUT2D eigenvalue weighted by Crippen LogP contribution is -2.61. The minimum Gasteiger partial charge on any atom is -0.309 e. The van der Waals surface area contributed by atoms with E-state index in [1.807, 2.05) is 6.07 Å². The smallest absolute Gasteiger partial charge is 0.124 e. The lowest BCUT2D eigenvalue weighted by atomic mass is 9.96. The summed E-state index contributed by atoms with van der Waals surface area (Å²) < 4.78 is 13.2. The molecule has 1 N–H and O–H groups in total. The molecule has 1 saturated heterocycles. The number of piperazine rings is 1. The van der Waals surface area contributed by atoms with Crippen molar-refractivity contribution in [3.8, 4) is 0 Å². The van der Waals surface area contributed by atoms with Gasteiger partial charge in [-0.2, -0.15) is 0 Å². The van der Waals surface area contributed by atoms with Crippen LogP contribution in [0.25, 0.3) is 0 Å². The van der Waals surface area contributed by atoms with E-state index in [1.54, 1.807) is 0 Å². The van der Waals surface area contributed by atoms with Crippen LogP contribution in [0.1, 0.15) is 32.3 Å². The Morgan fingerprint density at radius 1 is 1.40 bits per heavy atom. The molecule has 0 bridgehead atoms. The summed E-state index contributed by atoms with van der Waals surface area (Å²) in [5.41, 5.74) is 1.15. The molecule has 0 amide bonds. The normalized spacial score (nSPS) is 26.7. The molecule has 1 aliphatic heterocycles. The minimum atomic E-state index is -0.266. The monoisotopic (exact) mass is 296 g/mol. The molecule has 0 aromatic heterocycles. The number of benzene rings is 1. The van der Waals surface area contributed by atoms with E-state index in [2.05, 4.69) is 24.1 Å². The zero-order valence-corrected chi connectivity index (χ0v) is 12.9. The van der Waals surface area contributed by atoms with Crippen molar-refractivity contribution in [2.45, 2.75) is 44.8 Å². The van der Waals surface area contributed by atoms with E-state index in [0.717, 1.165) is 31.1 Å². The summed E-state index contributed by atoms with van der Waals surface area (Å²) in [6, 6.07) is 5.32. The molecule has 1 aliphatic carbocycles. The maximum atomic E-state index is 13.2. The molecule has 2 fully saturated rings. The molecule has 110 valence electrons. The van der Waals surface area contributed by atoms with Crippen molar-refractivity contribution in [2.75, 3.05) is 13.1 Å². The first-order valence-electron chi connectivity index (χ1n) is 7.38. The van der Waals surface area contributed by atoms with Gasteiger partial charge in [0.25, 0.3) is 0 Å². The molecule has 4 heteroatoms. The third-order valence-electron chi connectivity index (χ3n) is 4.41. The Balaban J connectivity index is 1.78. The van der Waals surface area contributed by atoms with Crippen molar-refractivity contribution in [2.24, 2.45) is 5.92 Å². The van der Waals surface area contributed by atoms with Gasteiger partial charge in [0.2, 0.25) is 0 Å². The van der Waals surface area contributed by atoms with Gasteiger partial charge in [-0.1, -0.05) is 17.7 Å². The van der Waals surface area contributed by atoms with Crippen LogP contribution in [0.3, 0.4) is 0 Å². The van der Waals surface area contributed by atoms with Crippen molar-refractivity contribution in [1.82, 2.24) is 10.2 Å². The van der Waals surface area contributed by atoms with Crippen LogP contribution in [0.15, 0.2) is 18.2 Å². The first-order chi connectivity index (χ1) is 9.44. The van der Waals surface area contributed by atoms with Gasteiger partial charge in [0.15, 0.2) is 0 Å². The standard InChI is InChI=1S/C16H22ClFN2/c1-16(2)10-20(15(8-19-16)11-3-4-11)9-12-5-6-13(18)7-14(12)17/h5-7,11,15,19H,3-4,8-10H2,1-2H3. The van der Waals surface area contributed by atoms with Crippen LogP contribution in [0.5, 0.6) is 0 Å². The highest BCUT2D eigenvalue weighted by Gasteiger charge is 2.40. The molecule has 1 aromatic rings. The Bertz CT molecular complexity index is 499. The topological polar surface area (TPSA) is 15.3 Å². The second-order valence-electron chi connectivity index (χ2n) is 6.81. The minimum absolute atomic E-state index is 0.123. The highest BCUT2D eigenvalue weighted by Crippen LogP contribution is 2.38. The van der Waals surface area contributed by atoms with Gasteiger partial charge in [-0.25, -0.2) is 4.39 Å². The predicted molar refractivity (Wildman–Crippen MR) is 80.4 cm³/mol. The van der Waals surface area contributed by atoms with Crippen LogP contribution in [-0.2, 0) is 6.54 Å². The van der Waals surface area contributed by atoms with E-state index in [-0.39, 0.29) is 11.4 Å². The average molecular weight is 297 g/mol. The number of halogens is 2. The van der Waals surface area contributed by atoms with Crippen molar-refractivity contribution in [3.05, 3.63) is 34.6 Å². The summed E-state index contributed by atoms with van der Waals surface area (Å²) in [6.07, 6.45) is 2.67. The SMILES string of the molecule is CC1(C)CN(Cc2ccc(F)cc2Cl)C(C2CC2)CN1. The van der Waals surface area contributed by atoms with Gasteiger partial charge in [0.05, 0.1) is 0 Å². The maximum absolute atomic E-state index is 13.2. The fourth-order valence-corrected chi connectivity index (χ4v) is 3.41. The van der Waals surface area contributed by atoms with Crippen LogP contribution in [0, 0.1) is 11.7 Å². The van der Waals surface area contributed by atoms with Crippen molar-refractivity contribution >= 4 is 11.6 Å². The lowest BCUT2D eigenvalue weighted by molar-refractivity contribution is 0.0759. The molecule has 0 radical (unpaired) electrons. The average Bonchev–Trinajstić information content (AvgIpc) is 3.16. The van der Waals surface area contributed by atoms with Gasteiger partial charge in [-0.15, -0.1) is 0 Å². The summed E-state index contributed by atoms with van der Waals surface area (Å²) >= 11 is 6.18. The molecule has 1 atom stereocenters. The van der Waals surface area contributed by atoms with Gasteiger partial charge < -0.3 is 5.32 Å². The molecule has 1 saturated carbocycles. The summed E-state index contributed by atoms with van der Waals surface area (Å²) in [7, 11) is 0. The number of hydrogen-bond acceptors (Lipinski definition) is 2. The summed E-state index contributed by atoms with van der Waals surface area (Å²) in [5, 5.41) is 4.17. The third kappa shape index (κ3) is 3.16. The number of nitrogens with zero attached hydrogens (tertiary/aromatic N) is 1. The van der Waals surface area contributed by atoms with E-state index in [0.29, 0.717) is 11.1 Å². The predicted octanol–water partition coefficient (Wildman–Crippen LogP) is 3.44. The third-order valence-corrected chi connectivity index (χ3v) is 4.76. The van der Waals surface area contributed by atoms with Crippen LogP contribution >= 0.6 is 11.6 Å². The van der Waals surface area contributed by atoms with Gasteiger partial charge in [-0.3, -0.25) is 4.90 Å². The van der Waals surface area contributed by atoms with Gasteiger partial charge in [-0.05, 0) is 50.3 Å². The number of hydrogen-bond donors (Lipinski definition) is 1. The Kier molecular flexibility index (Phi) is 3.78.